The Morgan fingerprint density at radius 3 is 2.50 bits per heavy atom. The number of hydrogen-bond acceptors (Lipinski definition) is 9. The Kier molecular flexibility index (Phi) is 9.24. The van der Waals surface area contributed by atoms with Gasteiger partial charge in [-0.1, -0.05) is 18.5 Å². The zero-order valence-corrected chi connectivity index (χ0v) is 28.4. The maximum Gasteiger partial charge on any atom is 0.416 e. The zero-order chi connectivity index (χ0) is 36.1. The minimum absolute atomic E-state index is 0.0127. The lowest BCUT2D eigenvalue weighted by molar-refractivity contribution is -0.137. The summed E-state index contributed by atoms with van der Waals surface area (Å²) in [6.45, 7) is 1.93. The molecule has 3 aromatic heterocycles. The minimum atomic E-state index is -4.61. The molecule has 2 fully saturated rings. The number of alkyl halides is 3. The van der Waals surface area contributed by atoms with Crippen molar-refractivity contribution in [3.8, 4) is 5.88 Å². The van der Waals surface area contributed by atoms with Crippen molar-refractivity contribution in [2.24, 2.45) is 0 Å². The number of hydrogen-bond donors (Lipinski definition) is 2. The fraction of sp³-hybridized carbons (Fsp3) is 0.394. The number of fused-ring (bicyclic) bond motifs is 2. The van der Waals surface area contributed by atoms with E-state index in [9.17, 15) is 32.3 Å². The minimum Gasteiger partial charge on any atom is -0.482 e. The Bertz CT molecular complexity index is 2120. The van der Waals surface area contributed by atoms with E-state index in [-0.39, 0.29) is 70.5 Å². The molecular formula is C33H34ClF3N8O5. The van der Waals surface area contributed by atoms with Crippen molar-refractivity contribution in [2.75, 3.05) is 49.4 Å². The van der Waals surface area contributed by atoms with E-state index in [1.165, 1.54) is 25.6 Å². The Balaban J connectivity index is 1.39. The first-order valence-electron chi connectivity index (χ1n) is 15.8. The van der Waals surface area contributed by atoms with E-state index in [1.807, 2.05) is 11.8 Å². The highest BCUT2D eigenvalue weighted by Crippen LogP contribution is 2.39. The average molecular weight is 715 g/mol. The number of carbonyl (C=O) groups is 2. The van der Waals surface area contributed by atoms with Crippen LogP contribution in [0.2, 0.25) is 5.02 Å². The van der Waals surface area contributed by atoms with Gasteiger partial charge in [-0.3, -0.25) is 19.2 Å². The van der Waals surface area contributed by atoms with Crippen LogP contribution in [0.15, 0.2) is 46.2 Å². The second-order valence-electron chi connectivity index (χ2n) is 12.3. The van der Waals surface area contributed by atoms with Crippen LogP contribution in [0.5, 0.6) is 5.88 Å². The number of amides is 2. The van der Waals surface area contributed by atoms with Gasteiger partial charge in [0, 0.05) is 51.2 Å². The number of halogens is 4. The molecule has 13 nitrogen and oxygen atoms in total. The molecule has 0 spiro atoms. The van der Waals surface area contributed by atoms with Gasteiger partial charge in [0.25, 0.3) is 5.91 Å². The van der Waals surface area contributed by atoms with E-state index < -0.39 is 29.0 Å². The van der Waals surface area contributed by atoms with Crippen LogP contribution in [0.25, 0.3) is 11.2 Å². The van der Waals surface area contributed by atoms with Gasteiger partial charge < -0.3 is 34.3 Å². The largest absolute Gasteiger partial charge is 0.482 e. The van der Waals surface area contributed by atoms with Gasteiger partial charge >= 0.3 is 6.18 Å². The maximum atomic E-state index is 14.4. The van der Waals surface area contributed by atoms with Crippen LogP contribution in [0.4, 0.5) is 30.4 Å². The number of ether oxygens (including phenoxy) is 1. The highest BCUT2D eigenvalue weighted by atomic mass is 35.5. The van der Waals surface area contributed by atoms with E-state index in [0.29, 0.717) is 36.5 Å². The molecule has 1 saturated carbocycles. The second-order valence-corrected chi connectivity index (χ2v) is 12.7. The van der Waals surface area contributed by atoms with Crippen molar-refractivity contribution in [2.45, 2.75) is 51.0 Å². The third-order valence-corrected chi connectivity index (χ3v) is 9.48. The van der Waals surface area contributed by atoms with Gasteiger partial charge in [0.2, 0.25) is 17.2 Å². The Labute approximate surface area is 288 Å². The first-order valence-corrected chi connectivity index (χ1v) is 16.2. The van der Waals surface area contributed by atoms with Gasteiger partial charge in [0.05, 0.1) is 35.6 Å². The molecule has 2 atom stereocenters. The number of rotatable bonds is 8. The zero-order valence-electron chi connectivity index (χ0n) is 27.6. The monoisotopic (exact) mass is 714 g/mol. The highest BCUT2D eigenvalue weighted by Gasteiger charge is 2.47. The lowest BCUT2D eigenvalue weighted by Crippen LogP contribution is -2.67. The molecule has 264 valence electrons. The molecule has 17 heteroatoms. The number of nitrogens with one attached hydrogen (secondary N) is 2. The lowest BCUT2D eigenvalue weighted by atomic mass is 9.81. The molecule has 2 amide bonds. The van der Waals surface area contributed by atoms with Crippen LogP contribution >= 0.6 is 11.6 Å². The van der Waals surface area contributed by atoms with Gasteiger partial charge in [0.1, 0.15) is 23.6 Å². The summed E-state index contributed by atoms with van der Waals surface area (Å²) in [7, 11) is 4.87. The summed E-state index contributed by atoms with van der Waals surface area (Å²) >= 11 is 6.11. The van der Waals surface area contributed by atoms with Crippen molar-refractivity contribution < 1.29 is 27.5 Å². The smallest absolute Gasteiger partial charge is 0.416 e. The molecule has 1 aliphatic carbocycles. The fourth-order valence-electron chi connectivity index (χ4n) is 6.62. The number of pyridine rings is 2. The van der Waals surface area contributed by atoms with Crippen molar-refractivity contribution in [3.05, 3.63) is 78.9 Å². The fourth-order valence-corrected chi connectivity index (χ4v) is 6.85. The number of benzene rings is 1. The van der Waals surface area contributed by atoms with E-state index in [4.69, 9.17) is 16.3 Å². The Hall–Kier alpha value is -5.12. The van der Waals surface area contributed by atoms with Crippen LogP contribution in [-0.2, 0) is 23.9 Å². The van der Waals surface area contributed by atoms with Crippen molar-refractivity contribution in [1.29, 1.82) is 0 Å². The number of H-pyrrole nitrogens is 1. The van der Waals surface area contributed by atoms with Gasteiger partial charge in [-0.25, -0.2) is 9.97 Å². The summed E-state index contributed by atoms with van der Waals surface area (Å²) in [5.41, 5.74) is -0.922. The quantitative estimate of drug-likeness (QED) is 0.277. The van der Waals surface area contributed by atoms with Gasteiger partial charge in [-0.05, 0) is 37.5 Å². The van der Waals surface area contributed by atoms with Crippen LogP contribution in [-0.4, -0.2) is 82.6 Å². The molecule has 1 aromatic carbocycles. The van der Waals surface area contributed by atoms with E-state index in [2.05, 4.69) is 20.3 Å². The van der Waals surface area contributed by atoms with E-state index in [0.717, 1.165) is 18.2 Å². The van der Waals surface area contributed by atoms with Gasteiger partial charge in [0.15, 0.2) is 16.6 Å². The molecule has 4 aromatic rings. The summed E-state index contributed by atoms with van der Waals surface area (Å²) in [6.07, 6.45) is -0.117. The number of aromatic nitrogens is 4. The molecule has 50 heavy (non-hydrogen) atoms. The summed E-state index contributed by atoms with van der Waals surface area (Å²) in [4.78, 5) is 71.5. The summed E-state index contributed by atoms with van der Waals surface area (Å²) < 4.78 is 46.4. The first-order chi connectivity index (χ1) is 23.7. The molecule has 2 N–H and O–H groups in total. The Morgan fingerprint density at radius 2 is 1.88 bits per heavy atom. The molecule has 0 radical (unpaired) electrons. The van der Waals surface area contributed by atoms with Gasteiger partial charge in [-0.15, -0.1) is 0 Å². The average Bonchev–Trinajstić information content (AvgIpc) is 3.05. The standard InChI is InChI=1S/C33H34ClF3N8O5/c1-5-20-28(43-12-13-44(22-9-8-21(22)43)32(49)26-23(46)10-11-38-31(26)50-4)29(48)27-30(39-15-24(41-27)42(2)3)45(20)16-25(47)40-19-7-6-17(14-18(19)34)33(35,36)37/h6-7,10-11,14-15,21-22H,5,8-9,12-13,16H2,1-4H3,(H,38,46)(H,40,47)/t21-,22-/m1/s1. The predicted octanol–water partition coefficient (Wildman–Crippen LogP) is 3.92. The predicted molar refractivity (Wildman–Crippen MR) is 181 cm³/mol. The maximum absolute atomic E-state index is 14.4. The van der Waals surface area contributed by atoms with Gasteiger partial charge in [-0.2, -0.15) is 13.2 Å². The summed E-state index contributed by atoms with van der Waals surface area (Å²) in [5, 5.41) is 2.29. The number of methoxy groups -OCH3 is 1. The number of nitrogens with zero attached hydrogens (tertiary/aromatic N) is 6. The third-order valence-electron chi connectivity index (χ3n) is 9.16. The number of aromatic amines is 1. The molecule has 0 bridgehead atoms. The number of piperazine rings is 1. The highest BCUT2D eigenvalue weighted by molar-refractivity contribution is 6.33. The first kappa shape index (κ1) is 34.7. The second kappa shape index (κ2) is 13.3. The van der Waals surface area contributed by atoms with E-state index >= 15 is 0 Å². The van der Waals surface area contributed by atoms with Crippen LogP contribution < -0.4 is 30.7 Å². The molecule has 1 saturated heterocycles. The Morgan fingerprint density at radius 1 is 1.14 bits per heavy atom. The molecule has 0 unspecified atom stereocenters. The van der Waals surface area contributed by atoms with Crippen LogP contribution in [0.1, 0.15) is 41.4 Å². The van der Waals surface area contributed by atoms with Crippen molar-refractivity contribution in [1.82, 2.24) is 24.4 Å². The number of anilines is 3. The third kappa shape index (κ3) is 6.12. The van der Waals surface area contributed by atoms with Crippen LogP contribution in [0.3, 0.4) is 0 Å². The SMILES string of the molecule is CCc1c(N2CCN(C(=O)c3c(OC)[nH]ccc3=O)[C@@H]3CC[C@H]32)c(=O)c2nc(N(C)C)cnc2n1CC(=O)Nc1ccc(C(F)(F)F)cc1Cl. The molecule has 4 heterocycles. The molecule has 2 aliphatic rings. The van der Waals surface area contributed by atoms with Crippen LogP contribution in [0, 0.1) is 0 Å². The molecule has 1 aliphatic heterocycles. The summed E-state index contributed by atoms with van der Waals surface area (Å²) in [6, 6.07) is 3.33. The van der Waals surface area contributed by atoms with E-state index in [1.54, 1.807) is 28.5 Å². The normalized spacial score (nSPS) is 17.3. The molecule has 6 rings (SSSR count). The lowest BCUT2D eigenvalue weighted by Gasteiger charge is -2.54. The number of carbonyl (C=O) groups excluding carboxylic acids is 2. The van der Waals surface area contributed by atoms with Crippen molar-refractivity contribution in [3.63, 3.8) is 0 Å². The topological polar surface area (TPSA) is 146 Å². The van der Waals surface area contributed by atoms with Crippen molar-refractivity contribution >= 4 is 51.8 Å². The summed E-state index contributed by atoms with van der Waals surface area (Å²) in [5.74, 6) is -0.603. The molecular weight excluding hydrogens is 681 g/mol.